The topological polar surface area (TPSA) is 44.8 Å². The standard InChI is InChI=1S/C22H27N3O2/c1-27-19-10-8-18(9-11-19)21(24-13-4-5-14-24)16-23-22(26)25-15-12-17-6-2-3-7-20(17)25/h2-3,6-11,21H,4-5,12-16H2,1H3,(H,23,26)/t21-/m1/s1. The van der Waals surface area contributed by atoms with E-state index in [0.29, 0.717) is 6.54 Å². The molecule has 2 amide bonds. The van der Waals surface area contributed by atoms with Crippen molar-refractivity contribution in [1.82, 2.24) is 10.2 Å². The molecule has 0 unspecified atom stereocenters. The van der Waals surface area contributed by atoms with Crippen molar-refractivity contribution in [3.63, 3.8) is 0 Å². The molecule has 5 nitrogen and oxygen atoms in total. The molecule has 0 spiro atoms. The maximum Gasteiger partial charge on any atom is 0.321 e. The number of rotatable bonds is 5. The van der Waals surface area contributed by atoms with Crippen LogP contribution in [-0.4, -0.2) is 44.2 Å². The van der Waals surface area contributed by atoms with Gasteiger partial charge in [0.15, 0.2) is 0 Å². The van der Waals surface area contributed by atoms with E-state index in [2.05, 4.69) is 28.4 Å². The second kappa shape index (κ2) is 8.01. The molecular formula is C22H27N3O2. The highest BCUT2D eigenvalue weighted by molar-refractivity contribution is 5.94. The van der Waals surface area contributed by atoms with E-state index < -0.39 is 0 Å². The molecule has 4 rings (SSSR count). The minimum Gasteiger partial charge on any atom is -0.497 e. The number of ether oxygens (including phenoxy) is 1. The zero-order valence-corrected chi connectivity index (χ0v) is 15.9. The molecule has 142 valence electrons. The summed E-state index contributed by atoms with van der Waals surface area (Å²) < 4.78 is 5.28. The number of amides is 2. The Balaban J connectivity index is 1.46. The van der Waals surface area contributed by atoms with E-state index >= 15 is 0 Å². The van der Waals surface area contributed by atoms with Crippen molar-refractivity contribution < 1.29 is 9.53 Å². The number of hydrogen-bond acceptors (Lipinski definition) is 3. The molecular weight excluding hydrogens is 338 g/mol. The Morgan fingerprint density at radius 2 is 1.81 bits per heavy atom. The minimum atomic E-state index is -0.00217. The maximum atomic E-state index is 12.8. The van der Waals surface area contributed by atoms with Gasteiger partial charge in [-0.25, -0.2) is 4.79 Å². The number of hydrogen-bond donors (Lipinski definition) is 1. The number of anilines is 1. The first-order chi connectivity index (χ1) is 13.3. The van der Waals surface area contributed by atoms with E-state index in [0.717, 1.165) is 37.5 Å². The van der Waals surface area contributed by atoms with Crippen LogP contribution in [0.1, 0.15) is 30.0 Å². The minimum absolute atomic E-state index is 0.00217. The molecule has 1 fully saturated rings. The first-order valence-corrected chi connectivity index (χ1v) is 9.77. The molecule has 5 heteroatoms. The number of fused-ring (bicyclic) bond motifs is 1. The Hall–Kier alpha value is -2.53. The van der Waals surface area contributed by atoms with Gasteiger partial charge in [-0.05, 0) is 61.7 Å². The molecule has 2 aliphatic rings. The van der Waals surface area contributed by atoms with Crippen LogP contribution in [0.2, 0.25) is 0 Å². The number of methoxy groups -OCH3 is 1. The molecule has 0 bridgehead atoms. The molecule has 0 radical (unpaired) electrons. The van der Waals surface area contributed by atoms with Crippen LogP contribution in [0.3, 0.4) is 0 Å². The smallest absolute Gasteiger partial charge is 0.321 e. The predicted octanol–water partition coefficient (Wildman–Crippen LogP) is 3.60. The fraction of sp³-hybridized carbons (Fsp3) is 0.409. The molecule has 1 N–H and O–H groups in total. The summed E-state index contributed by atoms with van der Waals surface area (Å²) in [5.74, 6) is 0.858. The highest BCUT2D eigenvalue weighted by Crippen LogP contribution is 2.29. The lowest BCUT2D eigenvalue weighted by Crippen LogP contribution is -2.43. The number of benzene rings is 2. The van der Waals surface area contributed by atoms with Gasteiger partial charge in [0.2, 0.25) is 0 Å². The molecule has 2 aromatic carbocycles. The van der Waals surface area contributed by atoms with Crippen LogP contribution in [0.4, 0.5) is 10.5 Å². The summed E-state index contributed by atoms with van der Waals surface area (Å²) >= 11 is 0. The summed E-state index contributed by atoms with van der Waals surface area (Å²) in [5.41, 5.74) is 3.51. The van der Waals surface area contributed by atoms with Crippen molar-refractivity contribution in [2.24, 2.45) is 0 Å². The lowest BCUT2D eigenvalue weighted by molar-refractivity contribution is 0.224. The fourth-order valence-corrected chi connectivity index (χ4v) is 4.17. The average Bonchev–Trinajstić information content (AvgIpc) is 3.38. The van der Waals surface area contributed by atoms with Crippen LogP contribution in [0.25, 0.3) is 0 Å². The summed E-state index contributed by atoms with van der Waals surface area (Å²) in [6, 6.07) is 16.6. The number of para-hydroxylation sites is 1. The van der Waals surface area contributed by atoms with Gasteiger partial charge in [-0.1, -0.05) is 30.3 Å². The number of carbonyl (C=O) groups excluding carboxylic acids is 1. The Bertz CT molecular complexity index is 784. The van der Waals surface area contributed by atoms with Crippen LogP contribution in [-0.2, 0) is 6.42 Å². The predicted molar refractivity (Wildman–Crippen MR) is 107 cm³/mol. The first-order valence-electron chi connectivity index (χ1n) is 9.77. The van der Waals surface area contributed by atoms with Gasteiger partial charge in [-0.2, -0.15) is 0 Å². The van der Waals surface area contributed by atoms with Gasteiger partial charge in [0.1, 0.15) is 5.75 Å². The van der Waals surface area contributed by atoms with Crippen molar-refractivity contribution in [3.8, 4) is 5.75 Å². The Labute approximate surface area is 160 Å². The van der Waals surface area contributed by atoms with Gasteiger partial charge in [0.05, 0.1) is 13.2 Å². The van der Waals surface area contributed by atoms with Crippen molar-refractivity contribution in [2.75, 3.05) is 38.2 Å². The summed E-state index contributed by atoms with van der Waals surface area (Å²) in [7, 11) is 1.68. The van der Waals surface area contributed by atoms with E-state index in [-0.39, 0.29) is 12.1 Å². The molecule has 2 heterocycles. The summed E-state index contributed by atoms with van der Waals surface area (Å²) in [6.45, 7) is 3.53. The molecule has 2 aromatic rings. The Kier molecular flexibility index (Phi) is 5.30. The second-order valence-electron chi connectivity index (χ2n) is 7.25. The normalized spacial score (nSPS) is 17.6. The zero-order valence-electron chi connectivity index (χ0n) is 15.9. The van der Waals surface area contributed by atoms with Gasteiger partial charge in [-0.15, -0.1) is 0 Å². The van der Waals surface area contributed by atoms with Crippen LogP contribution < -0.4 is 15.0 Å². The average molecular weight is 365 g/mol. The summed E-state index contributed by atoms with van der Waals surface area (Å²) in [5, 5.41) is 3.18. The van der Waals surface area contributed by atoms with Gasteiger partial charge in [0.25, 0.3) is 0 Å². The molecule has 27 heavy (non-hydrogen) atoms. The van der Waals surface area contributed by atoms with E-state index in [9.17, 15) is 4.79 Å². The maximum absolute atomic E-state index is 12.8. The van der Waals surface area contributed by atoms with E-state index in [4.69, 9.17) is 4.74 Å². The van der Waals surface area contributed by atoms with E-state index in [1.54, 1.807) is 7.11 Å². The third kappa shape index (κ3) is 3.78. The fourth-order valence-electron chi connectivity index (χ4n) is 4.17. The van der Waals surface area contributed by atoms with Gasteiger partial charge in [-0.3, -0.25) is 9.80 Å². The molecule has 1 atom stereocenters. The van der Waals surface area contributed by atoms with E-state index in [1.807, 2.05) is 35.2 Å². The highest BCUT2D eigenvalue weighted by atomic mass is 16.5. The van der Waals surface area contributed by atoms with E-state index in [1.165, 1.54) is 24.0 Å². The number of nitrogens with one attached hydrogen (secondary N) is 1. The van der Waals surface area contributed by atoms with Crippen molar-refractivity contribution in [1.29, 1.82) is 0 Å². The first kappa shape index (κ1) is 17.9. The van der Waals surface area contributed by atoms with Crippen LogP contribution >= 0.6 is 0 Å². The molecule has 0 aromatic heterocycles. The number of carbonyl (C=O) groups is 1. The highest BCUT2D eigenvalue weighted by Gasteiger charge is 2.27. The molecule has 0 aliphatic carbocycles. The third-order valence-electron chi connectivity index (χ3n) is 5.66. The van der Waals surface area contributed by atoms with Crippen molar-refractivity contribution in [2.45, 2.75) is 25.3 Å². The SMILES string of the molecule is COc1ccc([C@@H](CNC(=O)N2CCc3ccccc32)N2CCCC2)cc1. The quantitative estimate of drug-likeness (QED) is 0.880. The van der Waals surface area contributed by atoms with Crippen molar-refractivity contribution >= 4 is 11.7 Å². The van der Waals surface area contributed by atoms with Gasteiger partial charge < -0.3 is 10.1 Å². The van der Waals surface area contributed by atoms with Crippen LogP contribution in [0.15, 0.2) is 48.5 Å². The monoisotopic (exact) mass is 365 g/mol. The van der Waals surface area contributed by atoms with Crippen molar-refractivity contribution in [3.05, 3.63) is 59.7 Å². The Morgan fingerprint density at radius 1 is 1.07 bits per heavy atom. The lowest BCUT2D eigenvalue weighted by atomic mass is 10.1. The van der Waals surface area contributed by atoms with Gasteiger partial charge >= 0.3 is 6.03 Å². The van der Waals surface area contributed by atoms with Crippen LogP contribution in [0.5, 0.6) is 5.75 Å². The van der Waals surface area contributed by atoms with Gasteiger partial charge in [0, 0.05) is 18.8 Å². The number of nitrogens with zero attached hydrogens (tertiary/aromatic N) is 2. The Morgan fingerprint density at radius 3 is 2.56 bits per heavy atom. The number of urea groups is 1. The molecule has 1 saturated heterocycles. The zero-order chi connectivity index (χ0) is 18.6. The lowest BCUT2D eigenvalue weighted by Gasteiger charge is -2.29. The molecule has 0 saturated carbocycles. The number of likely N-dealkylation sites (tertiary alicyclic amines) is 1. The molecule has 2 aliphatic heterocycles. The largest absolute Gasteiger partial charge is 0.497 e. The van der Waals surface area contributed by atoms with Crippen LogP contribution in [0, 0.1) is 0 Å². The second-order valence-corrected chi connectivity index (χ2v) is 7.25. The third-order valence-corrected chi connectivity index (χ3v) is 5.66. The summed E-state index contributed by atoms with van der Waals surface area (Å²) in [4.78, 5) is 17.2. The summed E-state index contributed by atoms with van der Waals surface area (Å²) in [6.07, 6.45) is 3.37.